The van der Waals surface area contributed by atoms with Crippen LogP contribution in [0.5, 0.6) is 0 Å². The molecular weight excluding hydrogens is 592 g/mol. The van der Waals surface area contributed by atoms with Gasteiger partial charge in [-0.25, -0.2) is 9.59 Å². The first kappa shape index (κ1) is 37.9. The number of hydrogen-bond acceptors (Lipinski definition) is 7. The summed E-state index contributed by atoms with van der Waals surface area (Å²) in [6, 6.07) is 0. The van der Waals surface area contributed by atoms with Crippen molar-refractivity contribution < 1.29 is 23.9 Å². The third-order valence-electron chi connectivity index (χ3n) is 11.5. The second-order valence-corrected chi connectivity index (χ2v) is 18.4. The summed E-state index contributed by atoms with van der Waals surface area (Å²) in [5.41, 5.74) is 5.45. The van der Waals surface area contributed by atoms with Crippen molar-refractivity contribution >= 4 is 18.5 Å². The van der Waals surface area contributed by atoms with Gasteiger partial charge in [-0.05, 0) is 178 Å². The van der Waals surface area contributed by atoms with Crippen LogP contribution in [0.15, 0.2) is 0 Å². The Bertz CT molecular complexity index is 962. The molecule has 8 saturated carbocycles. The molecule has 0 aromatic heterocycles. The van der Waals surface area contributed by atoms with Gasteiger partial charge in [-0.3, -0.25) is 0 Å². The molecule has 9 nitrogen and oxygen atoms in total. The molecule has 0 saturated heterocycles. The molecule has 0 aromatic carbocycles. The van der Waals surface area contributed by atoms with Crippen molar-refractivity contribution in [3.8, 4) is 0 Å². The first-order valence-corrected chi connectivity index (χ1v) is 18.9. The molecule has 8 aliphatic rings. The van der Waals surface area contributed by atoms with Gasteiger partial charge in [-0.2, -0.15) is 0 Å². The quantitative estimate of drug-likeness (QED) is 0.147. The number of amides is 2. The maximum absolute atomic E-state index is 11.6. The summed E-state index contributed by atoms with van der Waals surface area (Å²) in [6.45, 7) is 14.5. The van der Waals surface area contributed by atoms with Gasteiger partial charge in [0.25, 0.3) is 0 Å². The van der Waals surface area contributed by atoms with Gasteiger partial charge >= 0.3 is 12.2 Å². The van der Waals surface area contributed by atoms with Crippen LogP contribution in [0.3, 0.4) is 0 Å². The van der Waals surface area contributed by atoms with Crippen molar-refractivity contribution in [1.29, 1.82) is 0 Å². The zero-order chi connectivity index (χ0) is 34.3. The van der Waals surface area contributed by atoms with Crippen LogP contribution in [0.25, 0.3) is 0 Å². The van der Waals surface area contributed by atoms with Crippen molar-refractivity contribution in [2.75, 3.05) is 32.7 Å². The van der Waals surface area contributed by atoms with E-state index >= 15 is 0 Å². The zero-order valence-electron chi connectivity index (χ0n) is 30.6. The average molecular weight is 661 g/mol. The predicted molar refractivity (Wildman–Crippen MR) is 187 cm³/mol. The van der Waals surface area contributed by atoms with E-state index in [4.69, 9.17) is 15.2 Å². The lowest BCUT2D eigenvalue weighted by atomic mass is 9.49. The van der Waals surface area contributed by atoms with Crippen LogP contribution in [0.1, 0.15) is 131 Å². The van der Waals surface area contributed by atoms with E-state index in [-0.39, 0.29) is 6.09 Å². The number of nitrogens with two attached hydrogens (primary N) is 1. The molecule has 8 rings (SSSR count). The summed E-state index contributed by atoms with van der Waals surface area (Å²) in [5, 5.41) is 8.82. The number of carbonyl (C=O) groups excluding carboxylic acids is 3. The van der Waals surface area contributed by atoms with Crippen LogP contribution in [0, 0.1) is 46.3 Å². The third kappa shape index (κ3) is 12.2. The van der Waals surface area contributed by atoms with Gasteiger partial charge in [-0.15, -0.1) is 0 Å². The van der Waals surface area contributed by atoms with E-state index in [9.17, 15) is 14.4 Å². The highest BCUT2D eigenvalue weighted by molar-refractivity contribution is 5.67. The Kier molecular flexibility index (Phi) is 13.1. The summed E-state index contributed by atoms with van der Waals surface area (Å²) >= 11 is 0. The van der Waals surface area contributed by atoms with Gasteiger partial charge in [0.2, 0.25) is 0 Å². The largest absolute Gasteiger partial charge is 0.444 e. The lowest BCUT2D eigenvalue weighted by Crippen LogP contribution is -2.47. The first-order valence-electron chi connectivity index (χ1n) is 18.9. The standard InChI is InChI=1S/C19H34N2O2.C12H18O.C7H16N2O2/c1-18(2,3)23-17(22)21-7-6-20-5-4-19-11-14-8-15(12-19)10-16(9-14)13-19;13-2-1-12-6-9-3-10(7-12)5-11(4-9)8-12;1-7(2,3)11-6(10)9-5-4-8/h14-16,20H,4-13H2,1-3H3,(H,21,22);2,9-11H,1,3-8H2;4-5,8H2,1-3H3,(H,9,10). The predicted octanol–water partition coefficient (Wildman–Crippen LogP) is 6.97. The van der Waals surface area contributed by atoms with Crippen LogP contribution in [-0.2, 0) is 14.3 Å². The topological polar surface area (TPSA) is 132 Å². The fourth-order valence-corrected chi connectivity index (χ4v) is 10.8. The fourth-order valence-electron chi connectivity index (χ4n) is 10.8. The summed E-state index contributed by atoms with van der Waals surface area (Å²) < 4.78 is 10.2. The van der Waals surface area contributed by atoms with E-state index < -0.39 is 17.3 Å². The van der Waals surface area contributed by atoms with Crippen molar-refractivity contribution in [2.24, 2.45) is 52.1 Å². The van der Waals surface area contributed by atoms with Gasteiger partial charge in [-0.1, -0.05) is 0 Å². The van der Waals surface area contributed by atoms with Gasteiger partial charge < -0.3 is 36.0 Å². The number of ether oxygens (including phenoxy) is 2. The third-order valence-corrected chi connectivity index (χ3v) is 11.5. The minimum atomic E-state index is -0.432. The molecule has 5 N–H and O–H groups in total. The van der Waals surface area contributed by atoms with E-state index in [1.807, 2.05) is 41.5 Å². The van der Waals surface area contributed by atoms with Crippen LogP contribution >= 0.6 is 0 Å². The molecular formula is C38H68N4O5. The Labute approximate surface area is 285 Å². The lowest BCUT2D eigenvalue weighted by Gasteiger charge is -2.57. The van der Waals surface area contributed by atoms with Crippen molar-refractivity contribution in [3.63, 3.8) is 0 Å². The lowest BCUT2D eigenvalue weighted by molar-refractivity contribution is -0.115. The smallest absolute Gasteiger partial charge is 0.407 e. The SMILES string of the molecule is CC(C)(C)OC(=O)NCCN.CC(C)(C)OC(=O)NCCNCCC12CC3CC(CC(C3)C1)C2.O=CCC12CC3CC(CC(C3)C1)C2. The highest BCUT2D eigenvalue weighted by atomic mass is 16.6. The average Bonchev–Trinajstić information content (AvgIpc) is 2.91. The van der Waals surface area contributed by atoms with E-state index in [2.05, 4.69) is 16.0 Å². The number of carbonyl (C=O) groups is 3. The second kappa shape index (κ2) is 16.2. The van der Waals surface area contributed by atoms with Crippen LogP contribution in [0.2, 0.25) is 0 Å². The number of hydrogen-bond donors (Lipinski definition) is 4. The molecule has 9 heteroatoms. The Hall–Kier alpha value is -1.87. The van der Waals surface area contributed by atoms with Gasteiger partial charge in [0.1, 0.15) is 17.5 Å². The van der Waals surface area contributed by atoms with Crippen molar-refractivity contribution in [2.45, 2.75) is 143 Å². The number of nitrogens with one attached hydrogen (secondary N) is 3. The molecule has 8 fully saturated rings. The maximum Gasteiger partial charge on any atom is 0.407 e. The Morgan fingerprint density at radius 1 is 0.638 bits per heavy atom. The maximum atomic E-state index is 11.6. The Balaban J connectivity index is 0.000000176. The number of alkyl carbamates (subject to hydrolysis) is 2. The Morgan fingerprint density at radius 2 is 1.02 bits per heavy atom. The molecule has 0 heterocycles. The highest BCUT2D eigenvalue weighted by Gasteiger charge is 2.51. The summed E-state index contributed by atoms with van der Waals surface area (Å²) in [6.07, 6.45) is 20.2. The van der Waals surface area contributed by atoms with E-state index in [1.165, 1.54) is 89.8 Å². The zero-order valence-corrected chi connectivity index (χ0v) is 30.6. The summed E-state index contributed by atoms with van der Waals surface area (Å²) in [4.78, 5) is 33.1. The molecule has 0 aromatic rings. The minimum absolute atomic E-state index is 0.319. The van der Waals surface area contributed by atoms with Gasteiger partial charge in [0.05, 0.1) is 0 Å². The molecule has 0 atom stereocenters. The normalized spacial score (nSPS) is 34.4. The van der Waals surface area contributed by atoms with Gasteiger partial charge in [0.15, 0.2) is 0 Å². The molecule has 8 aliphatic carbocycles. The second-order valence-electron chi connectivity index (χ2n) is 18.4. The molecule has 2 amide bonds. The summed E-state index contributed by atoms with van der Waals surface area (Å²) in [7, 11) is 0. The van der Waals surface area contributed by atoms with Crippen LogP contribution in [0.4, 0.5) is 9.59 Å². The Morgan fingerprint density at radius 3 is 1.38 bits per heavy atom. The van der Waals surface area contributed by atoms with E-state index in [0.29, 0.717) is 30.5 Å². The van der Waals surface area contributed by atoms with Gasteiger partial charge in [0, 0.05) is 32.6 Å². The molecule has 0 aliphatic heterocycles. The van der Waals surface area contributed by atoms with Crippen LogP contribution in [-0.4, -0.2) is 62.4 Å². The highest BCUT2D eigenvalue weighted by Crippen LogP contribution is 2.62. The van der Waals surface area contributed by atoms with Crippen molar-refractivity contribution in [1.82, 2.24) is 16.0 Å². The molecule has 0 unspecified atom stereocenters. The number of aldehydes is 1. The van der Waals surface area contributed by atoms with Crippen LogP contribution < -0.4 is 21.7 Å². The summed E-state index contributed by atoms with van der Waals surface area (Å²) in [5.74, 6) is 6.09. The monoisotopic (exact) mass is 661 g/mol. The minimum Gasteiger partial charge on any atom is -0.444 e. The molecule has 8 bridgehead atoms. The van der Waals surface area contributed by atoms with E-state index in [0.717, 1.165) is 55.0 Å². The van der Waals surface area contributed by atoms with E-state index in [1.54, 1.807) is 0 Å². The molecule has 0 spiro atoms. The first-order chi connectivity index (χ1) is 22.1. The molecule has 270 valence electrons. The molecule has 0 radical (unpaired) electrons. The number of rotatable bonds is 10. The molecule has 47 heavy (non-hydrogen) atoms. The fraction of sp³-hybridized carbons (Fsp3) is 0.921. The van der Waals surface area contributed by atoms with Crippen molar-refractivity contribution in [3.05, 3.63) is 0 Å².